The maximum absolute atomic E-state index is 5.55. The first-order valence-corrected chi connectivity index (χ1v) is 5.71. The van der Waals surface area contributed by atoms with E-state index >= 15 is 0 Å². The van der Waals surface area contributed by atoms with Crippen LogP contribution >= 0.6 is 27.3 Å². The fourth-order valence-corrected chi connectivity index (χ4v) is 3.05. The minimum atomic E-state index is 0.654. The molecular weight excluding hydrogens is 234 g/mol. The summed E-state index contributed by atoms with van der Waals surface area (Å²) in [4.78, 5) is 2.68. The molecule has 1 aromatic heterocycles. The molecule has 0 unspecified atom stereocenters. The summed E-state index contributed by atoms with van der Waals surface area (Å²) in [6.45, 7) is 5.11. The van der Waals surface area contributed by atoms with Crippen molar-refractivity contribution in [3.8, 4) is 0 Å². The van der Waals surface area contributed by atoms with E-state index in [4.69, 9.17) is 5.73 Å². The molecule has 0 amide bonds. The highest BCUT2D eigenvalue weighted by Gasteiger charge is 2.07. The van der Waals surface area contributed by atoms with E-state index in [-0.39, 0.29) is 0 Å². The minimum Gasteiger partial charge on any atom is -0.326 e. The predicted molar refractivity (Wildman–Crippen MR) is 58.5 cm³/mol. The number of halogens is 1. The van der Waals surface area contributed by atoms with Gasteiger partial charge in [-0.2, -0.15) is 0 Å². The van der Waals surface area contributed by atoms with Crippen molar-refractivity contribution in [3.63, 3.8) is 0 Å². The van der Waals surface area contributed by atoms with Crippen molar-refractivity contribution < 1.29 is 0 Å². The highest BCUT2D eigenvalue weighted by atomic mass is 79.9. The van der Waals surface area contributed by atoms with Crippen LogP contribution in [0.25, 0.3) is 0 Å². The first kappa shape index (κ1) is 10.2. The average molecular weight is 248 g/mol. The summed E-state index contributed by atoms with van der Waals surface area (Å²) in [5.74, 6) is 0.713. The van der Waals surface area contributed by atoms with Gasteiger partial charge in [-0.3, -0.25) is 0 Å². The van der Waals surface area contributed by atoms with Crippen molar-refractivity contribution in [2.45, 2.75) is 26.8 Å². The Balaban J connectivity index is 2.77. The average Bonchev–Trinajstić information content (AvgIpc) is 2.31. The fraction of sp³-hybridized carbons (Fsp3) is 0.556. The van der Waals surface area contributed by atoms with E-state index < -0.39 is 0 Å². The molecule has 0 fully saturated rings. The summed E-state index contributed by atoms with van der Waals surface area (Å²) in [6.07, 6.45) is 1.14. The van der Waals surface area contributed by atoms with E-state index in [1.807, 2.05) is 11.3 Å². The van der Waals surface area contributed by atoms with Crippen molar-refractivity contribution in [2.24, 2.45) is 11.7 Å². The largest absolute Gasteiger partial charge is 0.326 e. The molecule has 1 nitrogen and oxygen atoms in total. The van der Waals surface area contributed by atoms with Crippen molar-refractivity contribution in [2.75, 3.05) is 0 Å². The van der Waals surface area contributed by atoms with Crippen LogP contribution in [0, 0.1) is 5.92 Å². The van der Waals surface area contributed by atoms with E-state index in [2.05, 4.69) is 35.8 Å². The van der Waals surface area contributed by atoms with E-state index in [0.29, 0.717) is 12.5 Å². The van der Waals surface area contributed by atoms with Crippen LogP contribution in [-0.2, 0) is 13.0 Å². The van der Waals surface area contributed by atoms with Gasteiger partial charge in [-0.15, -0.1) is 11.3 Å². The van der Waals surface area contributed by atoms with Gasteiger partial charge in [0.05, 0.1) is 0 Å². The Bertz CT molecular complexity index is 255. The Hall–Kier alpha value is 0.140. The molecule has 1 aromatic rings. The van der Waals surface area contributed by atoms with Gasteiger partial charge < -0.3 is 5.73 Å². The van der Waals surface area contributed by atoms with Gasteiger partial charge in [0.1, 0.15) is 0 Å². The molecule has 0 aliphatic carbocycles. The van der Waals surface area contributed by atoms with Gasteiger partial charge >= 0.3 is 0 Å². The van der Waals surface area contributed by atoms with E-state index in [0.717, 1.165) is 6.42 Å². The zero-order valence-corrected chi connectivity index (χ0v) is 9.83. The van der Waals surface area contributed by atoms with Crippen LogP contribution in [0.5, 0.6) is 0 Å². The first-order chi connectivity index (χ1) is 5.63. The van der Waals surface area contributed by atoms with Gasteiger partial charge in [0.15, 0.2) is 0 Å². The van der Waals surface area contributed by atoms with E-state index in [9.17, 15) is 0 Å². The Labute approximate surface area is 86.1 Å². The second-order valence-electron chi connectivity index (χ2n) is 3.29. The normalized spacial score (nSPS) is 11.1. The molecule has 68 valence electrons. The van der Waals surface area contributed by atoms with E-state index in [1.54, 1.807) is 0 Å². The summed E-state index contributed by atoms with van der Waals surface area (Å²) in [6, 6.07) is 2.13. The lowest BCUT2D eigenvalue weighted by Gasteiger charge is -2.01. The maximum Gasteiger partial charge on any atom is 0.0317 e. The molecule has 0 spiro atoms. The van der Waals surface area contributed by atoms with Crippen molar-refractivity contribution in [3.05, 3.63) is 20.3 Å². The van der Waals surface area contributed by atoms with E-state index in [1.165, 1.54) is 14.2 Å². The molecule has 2 N–H and O–H groups in total. The molecule has 0 aliphatic rings. The monoisotopic (exact) mass is 247 g/mol. The molecule has 0 bridgehead atoms. The zero-order chi connectivity index (χ0) is 9.14. The number of rotatable bonds is 3. The van der Waals surface area contributed by atoms with Gasteiger partial charge in [0, 0.05) is 20.8 Å². The molecule has 0 radical (unpaired) electrons. The van der Waals surface area contributed by atoms with Gasteiger partial charge in [-0.1, -0.05) is 13.8 Å². The van der Waals surface area contributed by atoms with Crippen LogP contribution in [0.15, 0.2) is 10.5 Å². The van der Waals surface area contributed by atoms with Gasteiger partial charge in [-0.05, 0) is 34.3 Å². The Morgan fingerprint density at radius 2 is 2.25 bits per heavy atom. The van der Waals surface area contributed by atoms with Crippen LogP contribution in [0.4, 0.5) is 0 Å². The smallest absolute Gasteiger partial charge is 0.0317 e. The lowest BCUT2D eigenvalue weighted by Crippen LogP contribution is -1.92. The molecule has 12 heavy (non-hydrogen) atoms. The van der Waals surface area contributed by atoms with Gasteiger partial charge in [-0.25, -0.2) is 0 Å². The highest BCUT2D eigenvalue weighted by Crippen LogP contribution is 2.29. The number of nitrogens with two attached hydrogens (primary N) is 1. The molecule has 1 rings (SSSR count). The minimum absolute atomic E-state index is 0.654. The number of thiophene rings is 1. The lowest BCUT2D eigenvalue weighted by atomic mass is 10.1. The number of hydrogen-bond donors (Lipinski definition) is 1. The third kappa shape index (κ3) is 2.57. The SMILES string of the molecule is CC(C)Cc1sc(CN)cc1Br. The Kier molecular flexibility index (Phi) is 3.75. The Morgan fingerprint density at radius 3 is 2.67 bits per heavy atom. The standard InChI is InChI=1S/C9H14BrNS/c1-6(2)3-9-8(10)4-7(5-11)12-9/h4,6H,3,5,11H2,1-2H3. The van der Waals surface area contributed by atoms with Gasteiger partial charge in [0.2, 0.25) is 0 Å². The summed E-state index contributed by atoms with van der Waals surface area (Å²) in [5.41, 5.74) is 5.55. The first-order valence-electron chi connectivity index (χ1n) is 4.10. The highest BCUT2D eigenvalue weighted by molar-refractivity contribution is 9.10. The zero-order valence-electron chi connectivity index (χ0n) is 7.43. The van der Waals surface area contributed by atoms with Crippen LogP contribution in [0.2, 0.25) is 0 Å². The summed E-state index contributed by atoms with van der Waals surface area (Å²) >= 11 is 5.36. The molecule has 0 saturated carbocycles. The molecule has 0 aromatic carbocycles. The topological polar surface area (TPSA) is 26.0 Å². The number of hydrogen-bond acceptors (Lipinski definition) is 2. The summed E-state index contributed by atoms with van der Waals surface area (Å²) < 4.78 is 1.22. The molecular formula is C9H14BrNS. The van der Waals surface area contributed by atoms with Crippen LogP contribution in [-0.4, -0.2) is 0 Å². The summed E-state index contributed by atoms with van der Waals surface area (Å²) in [5, 5.41) is 0. The molecule has 0 aliphatic heterocycles. The maximum atomic E-state index is 5.55. The second-order valence-corrected chi connectivity index (χ2v) is 5.36. The second kappa shape index (κ2) is 4.40. The third-order valence-electron chi connectivity index (χ3n) is 1.60. The molecule has 3 heteroatoms. The van der Waals surface area contributed by atoms with Crippen molar-refractivity contribution >= 4 is 27.3 Å². The van der Waals surface area contributed by atoms with Crippen molar-refractivity contribution in [1.82, 2.24) is 0 Å². The quantitative estimate of drug-likeness (QED) is 0.873. The predicted octanol–water partition coefficient (Wildman–Crippen LogP) is 3.17. The van der Waals surface area contributed by atoms with Crippen LogP contribution < -0.4 is 5.73 Å². The fourth-order valence-electron chi connectivity index (χ4n) is 1.07. The van der Waals surface area contributed by atoms with Crippen LogP contribution in [0.1, 0.15) is 23.6 Å². The van der Waals surface area contributed by atoms with Gasteiger partial charge in [0.25, 0.3) is 0 Å². The lowest BCUT2D eigenvalue weighted by molar-refractivity contribution is 0.653. The molecule has 1 heterocycles. The Morgan fingerprint density at radius 1 is 1.58 bits per heavy atom. The van der Waals surface area contributed by atoms with Crippen molar-refractivity contribution in [1.29, 1.82) is 0 Å². The molecule has 0 atom stereocenters. The third-order valence-corrected chi connectivity index (χ3v) is 3.75. The van der Waals surface area contributed by atoms with Crippen LogP contribution in [0.3, 0.4) is 0 Å². The summed E-state index contributed by atoms with van der Waals surface area (Å²) in [7, 11) is 0. The molecule has 0 saturated heterocycles.